The summed E-state index contributed by atoms with van der Waals surface area (Å²) in [4.78, 5) is 29.1. The van der Waals surface area contributed by atoms with Crippen molar-refractivity contribution in [3.05, 3.63) is 40.4 Å². The van der Waals surface area contributed by atoms with Crippen LogP contribution in [0, 0.1) is 0 Å². The second kappa shape index (κ2) is 6.91. The summed E-state index contributed by atoms with van der Waals surface area (Å²) in [5.41, 5.74) is 1.68. The second-order valence-corrected chi connectivity index (χ2v) is 6.60. The first-order valence-corrected chi connectivity index (χ1v) is 8.46. The van der Waals surface area contributed by atoms with Crippen LogP contribution >= 0.6 is 11.3 Å². The third kappa shape index (κ3) is 3.96. The Hall–Kier alpha value is -2.21. The fourth-order valence-corrected chi connectivity index (χ4v) is 3.58. The van der Waals surface area contributed by atoms with Gasteiger partial charge in [0.2, 0.25) is 0 Å². The maximum Gasteiger partial charge on any atom is 0.264 e. The average molecular weight is 330 g/mol. The zero-order valence-corrected chi connectivity index (χ0v) is 13.7. The molecule has 1 aliphatic carbocycles. The van der Waals surface area contributed by atoms with Crippen LogP contribution in [0.25, 0.3) is 0 Å². The molecule has 0 spiro atoms. The van der Waals surface area contributed by atoms with E-state index in [0.29, 0.717) is 16.4 Å². The molecule has 1 N–H and O–H groups in total. The summed E-state index contributed by atoms with van der Waals surface area (Å²) in [5.74, 6) is 0.226. The smallest absolute Gasteiger partial charge is 0.264 e. The molecule has 0 atom stereocenters. The van der Waals surface area contributed by atoms with Crippen LogP contribution in [0.3, 0.4) is 0 Å². The molecular weight excluding hydrogens is 312 g/mol. The third-order valence-corrected chi connectivity index (χ3v) is 4.78. The quantitative estimate of drug-likeness (QED) is 0.855. The SMILES string of the molecule is CC(=O)c1cccc(OCC(=O)Nc2nc3c(s2)CCCC3)c1. The Balaban J connectivity index is 1.56. The molecule has 0 bridgehead atoms. The molecule has 5 nitrogen and oxygen atoms in total. The third-order valence-electron chi connectivity index (χ3n) is 3.70. The van der Waals surface area contributed by atoms with Gasteiger partial charge in [0.05, 0.1) is 5.69 Å². The predicted molar refractivity (Wildman–Crippen MR) is 89.3 cm³/mol. The van der Waals surface area contributed by atoms with Crippen molar-refractivity contribution in [2.45, 2.75) is 32.6 Å². The van der Waals surface area contributed by atoms with E-state index in [1.165, 1.54) is 24.6 Å². The summed E-state index contributed by atoms with van der Waals surface area (Å²) >= 11 is 1.55. The largest absolute Gasteiger partial charge is 0.484 e. The van der Waals surface area contributed by atoms with Crippen molar-refractivity contribution in [2.24, 2.45) is 0 Å². The van der Waals surface area contributed by atoms with Crippen molar-refractivity contribution in [3.63, 3.8) is 0 Å². The van der Waals surface area contributed by atoms with Gasteiger partial charge in [0.1, 0.15) is 5.75 Å². The van der Waals surface area contributed by atoms with Gasteiger partial charge >= 0.3 is 0 Å². The number of aromatic nitrogens is 1. The van der Waals surface area contributed by atoms with Gasteiger partial charge in [-0.3, -0.25) is 14.9 Å². The molecule has 1 aromatic carbocycles. The predicted octanol–water partition coefficient (Wildman–Crippen LogP) is 3.24. The monoisotopic (exact) mass is 330 g/mol. The van der Waals surface area contributed by atoms with E-state index in [0.717, 1.165) is 18.5 Å². The highest BCUT2D eigenvalue weighted by molar-refractivity contribution is 7.15. The molecule has 0 fully saturated rings. The van der Waals surface area contributed by atoms with Crippen LogP contribution in [0.4, 0.5) is 5.13 Å². The number of anilines is 1. The van der Waals surface area contributed by atoms with Gasteiger partial charge in [-0.05, 0) is 44.7 Å². The Morgan fingerprint density at radius 1 is 1.30 bits per heavy atom. The molecule has 0 radical (unpaired) electrons. The Kier molecular flexibility index (Phi) is 4.71. The number of nitrogens with zero attached hydrogens (tertiary/aromatic N) is 1. The fourth-order valence-electron chi connectivity index (χ4n) is 2.51. The Morgan fingerprint density at radius 3 is 2.91 bits per heavy atom. The molecule has 0 aliphatic heterocycles. The topological polar surface area (TPSA) is 68.3 Å². The highest BCUT2D eigenvalue weighted by Gasteiger charge is 2.16. The van der Waals surface area contributed by atoms with Gasteiger partial charge in [0.15, 0.2) is 17.5 Å². The Morgan fingerprint density at radius 2 is 2.13 bits per heavy atom. The lowest BCUT2D eigenvalue weighted by Gasteiger charge is -2.06. The Labute approximate surface area is 138 Å². The van der Waals surface area contributed by atoms with Crippen molar-refractivity contribution in [1.29, 1.82) is 0 Å². The number of nitrogens with one attached hydrogen (secondary N) is 1. The molecule has 1 aliphatic rings. The van der Waals surface area contributed by atoms with E-state index in [-0.39, 0.29) is 18.3 Å². The lowest BCUT2D eigenvalue weighted by Crippen LogP contribution is -2.20. The van der Waals surface area contributed by atoms with E-state index in [4.69, 9.17) is 4.74 Å². The van der Waals surface area contributed by atoms with Gasteiger partial charge in [0, 0.05) is 10.4 Å². The molecule has 120 valence electrons. The normalized spacial score (nSPS) is 13.3. The zero-order valence-electron chi connectivity index (χ0n) is 12.9. The first kappa shape index (κ1) is 15.7. The van der Waals surface area contributed by atoms with E-state index in [1.54, 1.807) is 35.6 Å². The first-order valence-electron chi connectivity index (χ1n) is 7.64. The molecule has 6 heteroatoms. The summed E-state index contributed by atoms with van der Waals surface area (Å²) in [6, 6.07) is 6.81. The number of rotatable bonds is 5. The maximum atomic E-state index is 12.0. The second-order valence-electron chi connectivity index (χ2n) is 5.52. The molecule has 3 rings (SSSR count). The van der Waals surface area contributed by atoms with E-state index in [1.807, 2.05) is 0 Å². The average Bonchev–Trinajstić information content (AvgIpc) is 2.95. The number of fused-ring (bicyclic) bond motifs is 1. The highest BCUT2D eigenvalue weighted by Crippen LogP contribution is 2.29. The number of hydrogen-bond acceptors (Lipinski definition) is 5. The van der Waals surface area contributed by atoms with Gasteiger partial charge < -0.3 is 4.74 Å². The van der Waals surface area contributed by atoms with Crippen molar-refractivity contribution >= 4 is 28.2 Å². The van der Waals surface area contributed by atoms with Gasteiger partial charge in [-0.2, -0.15) is 0 Å². The number of Topliss-reactive ketones (excluding diaryl/α,β-unsaturated/α-hetero) is 1. The van der Waals surface area contributed by atoms with Gasteiger partial charge in [-0.15, -0.1) is 11.3 Å². The fraction of sp³-hybridized carbons (Fsp3) is 0.353. The van der Waals surface area contributed by atoms with Crippen molar-refractivity contribution < 1.29 is 14.3 Å². The van der Waals surface area contributed by atoms with Crippen molar-refractivity contribution in [1.82, 2.24) is 4.98 Å². The van der Waals surface area contributed by atoms with E-state index in [2.05, 4.69) is 10.3 Å². The van der Waals surface area contributed by atoms with E-state index in [9.17, 15) is 9.59 Å². The van der Waals surface area contributed by atoms with Crippen LogP contribution in [-0.4, -0.2) is 23.3 Å². The summed E-state index contributed by atoms with van der Waals surface area (Å²) in [6.07, 6.45) is 4.41. The standard InChI is InChI=1S/C17H18N2O3S/c1-11(20)12-5-4-6-13(9-12)22-10-16(21)19-17-18-14-7-2-3-8-15(14)23-17/h4-6,9H,2-3,7-8,10H2,1H3,(H,18,19,21). The van der Waals surface area contributed by atoms with Crippen molar-refractivity contribution in [3.8, 4) is 5.75 Å². The number of ether oxygens (including phenoxy) is 1. The molecule has 0 unspecified atom stereocenters. The summed E-state index contributed by atoms with van der Waals surface area (Å²) in [6.45, 7) is 1.39. The molecular formula is C17H18N2O3S. The van der Waals surface area contributed by atoms with Crippen LogP contribution in [0.2, 0.25) is 0 Å². The number of amides is 1. The van der Waals surface area contributed by atoms with Gasteiger partial charge in [-0.1, -0.05) is 12.1 Å². The molecule has 23 heavy (non-hydrogen) atoms. The number of benzene rings is 1. The van der Waals surface area contributed by atoms with Crippen LogP contribution in [-0.2, 0) is 17.6 Å². The lowest BCUT2D eigenvalue weighted by atomic mass is 10.0. The maximum absolute atomic E-state index is 12.0. The molecule has 0 saturated heterocycles. The minimum atomic E-state index is -0.246. The first-order chi connectivity index (χ1) is 11.1. The summed E-state index contributed by atoms with van der Waals surface area (Å²) in [5, 5.41) is 3.42. The summed E-state index contributed by atoms with van der Waals surface area (Å²) < 4.78 is 5.45. The highest BCUT2D eigenvalue weighted by atomic mass is 32.1. The molecule has 1 heterocycles. The Bertz CT molecular complexity index is 716. The summed E-state index contributed by atoms with van der Waals surface area (Å²) in [7, 11) is 0. The number of carbonyl (C=O) groups is 2. The van der Waals surface area contributed by atoms with Crippen LogP contribution in [0.5, 0.6) is 5.75 Å². The van der Waals surface area contributed by atoms with Crippen molar-refractivity contribution in [2.75, 3.05) is 11.9 Å². The number of hydrogen-bond donors (Lipinski definition) is 1. The van der Waals surface area contributed by atoms with Crippen LogP contribution < -0.4 is 10.1 Å². The number of ketones is 1. The minimum absolute atomic E-state index is 0.0340. The number of carbonyl (C=O) groups excluding carboxylic acids is 2. The van der Waals surface area contributed by atoms with Gasteiger partial charge in [-0.25, -0.2) is 4.98 Å². The van der Waals surface area contributed by atoms with Gasteiger partial charge in [0.25, 0.3) is 5.91 Å². The van der Waals surface area contributed by atoms with Crippen LogP contribution in [0.1, 0.15) is 40.7 Å². The van der Waals surface area contributed by atoms with E-state index < -0.39 is 0 Å². The minimum Gasteiger partial charge on any atom is -0.484 e. The molecule has 2 aromatic rings. The number of aryl methyl sites for hydroxylation is 2. The number of thiazole rings is 1. The molecule has 1 aromatic heterocycles. The van der Waals surface area contributed by atoms with Crippen LogP contribution in [0.15, 0.2) is 24.3 Å². The molecule has 0 saturated carbocycles. The van der Waals surface area contributed by atoms with E-state index >= 15 is 0 Å². The molecule has 1 amide bonds. The zero-order chi connectivity index (χ0) is 16.2. The lowest BCUT2D eigenvalue weighted by molar-refractivity contribution is -0.118.